The maximum Gasteiger partial charge on any atom is 0.601 e. The Balaban J connectivity index is 2.29. The van der Waals surface area contributed by atoms with E-state index < -0.39 is 16.0 Å². The third-order valence-corrected chi connectivity index (χ3v) is 5.96. The van der Waals surface area contributed by atoms with E-state index in [9.17, 15) is 13.2 Å². The second kappa shape index (κ2) is 5.38. The molecule has 0 saturated carbocycles. The minimum Gasteiger partial charge on any atom is -0.118 e. The number of hydrogen-bond acceptors (Lipinski definition) is 0. The molecule has 0 saturated heterocycles. The molecule has 3 rings (SSSR count). The molecular formula is C19H18F3S+. The molecule has 4 heteroatoms. The third kappa shape index (κ3) is 3.00. The Morgan fingerprint density at radius 2 is 1.52 bits per heavy atom. The van der Waals surface area contributed by atoms with Crippen LogP contribution in [-0.2, 0) is 10.9 Å². The quantitative estimate of drug-likeness (QED) is 0.419. The van der Waals surface area contributed by atoms with E-state index in [2.05, 4.69) is 20.8 Å². The molecule has 1 heterocycles. The molecule has 1 atom stereocenters. The number of benzene rings is 2. The van der Waals surface area contributed by atoms with E-state index in [0.29, 0.717) is 20.5 Å². The topological polar surface area (TPSA) is 0 Å². The molecule has 0 nitrogen and oxygen atoms in total. The van der Waals surface area contributed by atoms with E-state index in [1.54, 1.807) is 36.4 Å². The van der Waals surface area contributed by atoms with Crippen molar-refractivity contribution in [3.8, 4) is 10.4 Å². The maximum absolute atomic E-state index is 13.7. The Labute approximate surface area is 136 Å². The first-order valence-corrected chi connectivity index (χ1v) is 8.63. The number of thiophene rings is 1. The van der Waals surface area contributed by atoms with Crippen LogP contribution in [0.3, 0.4) is 0 Å². The van der Waals surface area contributed by atoms with Crippen LogP contribution in [0, 0.1) is 0 Å². The minimum atomic E-state index is -4.27. The Kier molecular flexibility index (Phi) is 3.75. The summed E-state index contributed by atoms with van der Waals surface area (Å²) in [5, 5.41) is 0.671. The molecule has 0 N–H and O–H groups in total. The second-order valence-electron chi connectivity index (χ2n) is 6.63. The van der Waals surface area contributed by atoms with Gasteiger partial charge in [0, 0.05) is 17.0 Å². The highest BCUT2D eigenvalue weighted by molar-refractivity contribution is 7.41. The molecule has 0 aliphatic heterocycles. The van der Waals surface area contributed by atoms with Crippen LogP contribution < -0.4 is 0 Å². The summed E-state index contributed by atoms with van der Waals surface area (Å²) in [6.07, 6.45) is 0. The molecule has 0 bridgehead atoms. The third-order valence-electron chi connectivity index (χ3n) is 3.89. The molecule has 2 aromatic carbocycles. The highest BCUT2D eigenvalue weighted by atomic mass is 32.2. The minimum absolute atomic E-state index is 0.0983. The van der Waals surface area contributed by atoms with Crippen LogP contribution in [0.25, 0.3) is 20.5 Å². The molecule has 0 aliphatic rings. The smallest absolute Gasteiger partial charge is 0.118 e. The van der Waals surface area contributed by atoms with Gasteiger partial charge in [-0.3, -0.25) is 0 Å². The summed E-state index contributed by atoms with van der Waals surface area (Å²) in [6, 6.07) is 16.0. The Morgan fingerprint density at radius 1 is 0.826 bits per heavy atom. The SMILES string of the molecule is CC(C)(C)c1cccc(-c2cc3ccccc3[s+]2C(F)(F)F)c1. The Morgan fingerprint density at radius 3 is 2.17 bits per heavy atom. The van der Waals surface area contributed by atoms with Gasteiger partial charge in [-0.1, -0.05) is 45.0 Å². The second-order valence-corrected chi connectivity index (χ2v) is 8.58. The lowest BCUT2D eigenvalue weighted by Crippen LogP contribution is -2.10. The monoisotopic (exact) mass is 335 g/mol. The molecule has 3 aromatic rings. The number of rotatable bonds is 1. The molecule has 1 unspecified atom stereocenters. The van der Waals surface area contributed by atoms with Crippen LogP contribution in [0.15, 0.2) is 54.6 Å². The van der Waals surface area contributed by atoms with Gasteiger partial charge < -0.3 is 0 Å². The largest absolute Gasteiger partial charge is 0.601 e. The lowest BCUT2D eigenvalue weighted by Gasteiger charge is -2.19. The number of halogens is 3. The van der Waals surface area contributed by atoms with Gasteiger partial charge >= 0.3 is 5.51 Å². The van der Waals surface area contributed by atoms with Crippen LogP contribution in [0.4, 0.5) is 13.2 Å². The Bertz CT molecular complexity index is 851. The fourth-order valence-corrected chi connectivity index (χ4v) is 4.61. The first-order valence-electron chi connectivity index (χ1n) is 7.41. The summed E-state index contributed by atoms with van der Waals surface area (Å²) in [5.74, 6) is 0. The van der Waals surface area contributed by atoms with Crippen molar-refractivity contribution < 1.29 is 13.2 Å². The van der Waals surface area contributed by atoms with Gasteiger partial charge in [0.1, 0.15) is 10.5 Å². The summed E-state index contributed by atoms with van der Waals surface area (Å²) in [7, 11) is -1.88. The molecule has 0 spiro atoms. The zero-order chi connectivity index (χ0) is 16.8. The lowest BCUT2D eigenvalue weighted by molar-refractivity contribution is -0.0864. The first kappa shape index (κ1) is 16.1. The van der Waals surface area contributed by atoms with E-state index in [-0.39, 0.29) is 5.41 Å². The van der Waals surface area contributed by atoms with Crippen LogP contribution in [0.1, 0.15) is 26.3 Å². The normalized spacial score (nSPS) is 13.6. The van der Waals surface area contributed by atoms with Gasteiger partial charge in [0.25, 0.3) is 0 Å². The van der Waals surface area contributed by atoms with Crippen LogP contribution in [0.5, 0.6) is 0 Å². The molecule has 120 valence electrons. The predicted molar refractivity (Wildman–Crippen MR) is 91.9 cm³/mol. The summed E-state index contributed by atoms with van der Waals surface area (Å²) in [5.41, 5.74) is -2.67. The van der Waals surface area contributed by atoms with E-state index in [0.717, 1.165) is 5.56 Å². The molecule has 0 aliphatic carbocycles. The fraction of sp³-hybridized carbons (Fsp3) is 0.263. The summed E-state index contributed by atoms with van der Waals surface area (Å²) in [6.45, 7) is 6.19. The molecule has 0 fully saturated rings. The standard InChI is InChI=1S/C19H18F3S/c1-18(2,3)15-9-6-8-13(11-15)17-12-14-7-4-5-10-16(14)23(17)19(20,21)22/h4-12H,1-3H3/q+1. The predicted octanol–water partition coefficient (Wildman–Crippen LogP) is 7.03. The highest BCUT2D eigenvalue weighted by Gasteiger charge is 2.48. The van der Waals surface area contributed by atoms with Crippen LogP contribution in [-0.4, -0.2) is 0 Å². The number of alkyl halides is 3. The molecule has 23 heavy (non-hydrogen) atoms. The van der Waals surface area contributed by atoms with Crippen molar-refractivity contribution in [2.45, 2.75) is 31.7 Å². The molecule has 0 amide bonds. The number of fused-ring (bicyclic) bond motifs is 1. The Hall–Kier alpha value is -1.81. The van der Waals surface area contributed by atoms with Crippen LogP contribution >= 0.6 is 10.5 Å². The van der Waals surface area contributed by atoms with Gasteiger partial charge in [-0.05, 0) is 35.2 Å². The average molecular weight is 335 g/mol. The molecule has 0 radical (unpaired) electrons. The van der Waals surface area contributed by atoms with Crippen molar-refractivity contribution in [2.24, 2.45) is 0 Å². The van der Waals surface area contributed by atoms with Crippen molar-refractivity contribution in [2.75, 3.05) is 0 Å². The summed E-state index contributed by atoms with van der Waals surface area (Å²) in [4.78, 5) is 0.366. The van der Waals surface area contributed by atoms with Crippen molar-refractivity contribution in [1.29, 1.82) is 0 Å². The summed E-state index contributed by atoms with van der Waals surface area (Å²) < 4.78 is 41.4. The van der Waals surface area contributed by atoms with E-state index in [1.165, 1.54) is 0 Å². The van der Waals surface area contributed by atoms with Gasteiger partial charge in [0.2, 0.25) is 0 Å². The highest BCUT2D eigenvalue weighted by Crippen LogP contribution is 2.54. The van der Waals surface area contributed by atoms with Crippen LogP contribution in [0.2, 0.25) is 0 Å². The van der Waals surface area contributed by atoms with E-state index in [4.69, 9.17) is 0 Å². The fourth-order valence-electron chi connectivity index (χ4n) is 2.69. The molecule has 1 aromatic heterocycles. The zero-order valence-corrected chi connectivity index (χ0v) is 14.1. The van der Waals surface area contributed by atoms with Gasteiger partial charge in [0.15, 0.2) is 9.58 Å². The van der Waals surface area contributed by atoms with E-state index >= 15 is 0 Å². The first-order chi connectivity index (χ1) is 10.7. The van der Waals surface area contributed by atoms with Crippen molar-refractivity contribution in [3.63, 3.8) is 0 Å². The van der Waals surface area contributed by atoms with Crippen molar-refractivity contribution in [3.05, 3.63) is 60.2 Å². The summed E-state index contributed by atoms with van der Waals surface area (Å²) >= 11 is 0. The van der Waals surface area contributed by atoms with Crippen molar-refractivity contribution >= 4 is 20.6 Å². The molecular weight excluding hydrogens is 317 g/mol. The lowest BCUT2D eigenvalue weighted by atomic mass is 9.86. The van der Waals surface area contributed by atoms with Gasteiger partial charge in [0.05, 0.1) is 0 Å². The maximum atomic E-state index is 13.7. The van der Waals surface area contributed by atoms with Gasteiger partial charge in [-0.25, -0.2) is 0 Å². The van der Waals surface area contributed by atoms with Gasteiger partial charge in [-0.2, -0.15) is 0 Å². The zero-order valence-electron chi connectivity index (χ0n) is 13.2. The number of hydrogen-bond donors (Lipinski definition) is 0. The van der Waals surface area contributed by atoms with Gasteiger partial charge in [-0.15, -0.1) is 13.2 Å². The van der Waals surface area contributed by atoms with Crippen molar-refractivity contribution in [1.82, 2.24) is 0 Å². The van der Waals surface area contributed by atoms with E-state index in [1.807, 2.05) is 18.2 Å². The average Bonchev–Trinajstić information content (AvgIpc) is 2.86.